The highest BCUT2D eigenvalue weighted by Crippen LogP contribution is 2.54. The van der Waals surface area contributed by atoms with E-state index >= 15 is 0 Å². The van der Waals surface area contributed by atoms with Gasteiger partial charge in [0, 0.05) is 5.39 Å². The molecule has 0 bridgehead atoms. The highest BCUT2D eigenvalue weighted by atomic mass is 32.2. The monoisotopic (exact) mass is 890 g/mol. The number of ether oxygens (including phenoxy) is 4. The van der Waals surface area contributed by atoms with Crippen LogP contribution in [0.3, 0.4) is 0 Å². The van der Waals surface area contributed by atoms with Crippen molar-refractivity contribution in [1.82, 2.24) is 0 Å². The molecule has 12 nitrogen and oxygen atoms in total. The molecule has 320 valence electrons. The van der Waals surface area contributed by atoms with Gasteiger partial charge in [-0.3, -0.25) is 10.1 Å². The number of alkyl halides is 12. The molecule has 58 heavy (non-hydrogen) atoms. The van der Waals surface area contributed by atoms with Crippen molar-refractivity contribution < 1.29 is 110 Å². The van der Waals surface area contributed by atoms with Gasteiger partial charge < -0.3 is 29.5 Å². The molecule has 0 aromatic heterocycles. The van der Waals surface area contributed by atoms with E-state index in [9.17, 15) is 72.8 Å². The van der Waals surface area contributed by atoms with E-state index < -0.39 is 96.7 Å². The van der Waals surface area contributed by atoms with E-state index in [0.29, 0.717) is 5.39 Å². The molecule has 0 unspecified atom stereocenters. The summed E-state index contributed by atoms with van der Waals surface area (Å²) in [5.74, 6) is -4.92. The van der Waals surface area contributed by atoms with Gasteiger partial charge in [0.25, 0.3) is 0 Å². The number of carbonyl (C=O) groups is 2. The Morgan fingerprint density at radius 2 is 0.931 bits per heavy atom. The largest absolute Gasteiger partial charge is 0.691 e. The number of hydrogen-bond acceptors (Lipinski definition) is 14. The van der Waals surface area contributed by atoms with Gasteiger partial charge in [-0.15, -0.1) is 0 Å². The first-order valence-electron chi connectivity index (χ1n) is 15.2. The molecule has 0 spiro atoms. The highest BCUT2D eigenvalue weighted by Gasteiger charge is 2.80. The van der Waals surface area contributed by atoms with Crippen LogP contribution in [0.25, 0.3) is 21.5 Å². The standard InChI is InChI=1S/2C16H12F6O6S/c17-15(18,19)14(16(20,21)22,29-28-27-24)13(23)26-9-8-25-12-7-3-5-10-4-1-2-6-11(10)12;17-15(18,19)14(16(20,21)22,29-28-27-24)13(23)26-8-7-25-12-6-5-10-3-1-2-4-11(10)9-12/h1-7,24H,8-9H2;1-6,9,24H,7-8H2/p-2. The lowest BCUT2D eigenvalue weighted by atomic mass is 10.1. The van der Waals surface area contributed by atoms with E-state index in [1.54, 1.807) is 66.7 Å². The van der Waals surface area contributed by atoms with Gasteiger partial charge in [0.15, 0.2) is 0 Å². The zero-order valence-electron chi connectivity index (χ0n) is 28.2. The lowest BCUT2D eigenvalue weighted by Crippen LogP contribution is -2.60. The summed E-state index contributed by atoms with van der Waals surface area (Å²) in [6, 6.07) is 23.8. The number of benzene rings is 4. The Morgan fingerprint density at radius 3 is 1.41 bits per heavy atom. The number of fused-ring (bicyclic) bond motifs is 2. The fraction of sp³-hybridized carbons (Fsp3) is 0.312. The molecule has 4 rings (SSSR count). The second-order valence-corrected chi connectivity index (χ2v) is 12.6. The minimum absolute atomic E-state index is 0.259. The maximum absolute atomic E-state index is 13.1. The van der Waals surface area contributed by atoms with Crippen LogP contribution in [0, 0.1) is 0 Å². The van der Waals surface area contributed by atoms with Crippen molar-refractivity contribution in [3.05, 3.63) is 84.9 Å². The molecule has 0 fully saturated rings. The maximum Gasteiger partial charge on any atom is 0.425 e. The van der Waals surface area contributed by atoms with Crippen molar-refractivity contribution in [2.24, 2.45) is 0 Å². The molecule has 0 saturated carbocycles. The van der Waals surface area contributed by atoms with Crippen LogP contribution in [-0.2, 0) is 37.8 Å². The van der Waals surface area contributed by atoms with E-state index in [1.165, 1.54) is 12.1 Å². The zero-order chi connectivity index (χ0) is 43.4. The Balaban J connectivity index is 0.000000310. The van der Waals surface area contributed by atoms with Crippen LogP contribution >= 0.6 is 24.1 Å². The van der Waals surface area contributed by atoms with Crippen molar-refractivity contribution in [1.29, 1.82) is 0 Å². The fourth-order valence-electron chi connectivity index (χ4n) is 4.53. The lowest BCUT2D eigenvalue weighted by Gasteiger charge is -2.32. The van der Waals surface area contributed by atoms with Crippen LogP contribution in [0.5, 0.6) is 11.5 Å². The van der Waals surface area contributed by atoms with E-state index in [1.807, 2.05) is 6.07 Å². The molecular weight excluding hydrogens is 868 g/mol. The molecule has 0 aliphatic heterocycles. The Labute approximate surface area is 324 Å². The molecule has 0 N–H and O–H groups in total. The van der Waals surface area contributed by atoms with Crippen LogP contribution in [0.4, 0.5) is 52.7 Å². The van der Waals surface area contributed by atoms with Gasteiger partial charge in [-0.1, -0.05) is 66.7 Å². The average molecular weight is 891 g/mol. The number of hydrogen-bond donors (Lipinski definition) is 0. The Bertz CT molecular complexity index is 1920. The summed E-state index contributed by atoms with van der Waals surface area (Å²) in [5, 5.41) is 27.6. The third kappa shape index (κ3) is 11.2. The quantitative estimate of drug-likeness (QED) is 0.0283. The fourth-order valence-corrected chi connectivity index (χ4v) is 5.42. The van der Waals surface area contributed by atoms with Crippen molar-refractivity contribution in [2.75, 3.05) is 26.4 Å². The van der Waals surface area contributed by atoms with Crippen molar-refractivity contribution in [2.45, 2.75) is 34.2 Å². The molecule has 0 atom stereocenters. The summed E-state index contributed by atoms with van der Waals surface area (Å²) in [7, 11) is 0. The zero-order valence-corrected chi connectivity index (χ0v) is 29.8. The smallest absolute Gasteiger partial charge is 0.425 e. The van der Waals surface area contributed by atoms with Crippen LogP contribution in [-0.4, -0.2) is 72.6 Å². The molecule has 4 aromatic carbocycles. The summed E-state index contributed by atoms with van der Waals surface area (Å²) >= 11 is -3.11. The van der Waals surface area contributed by atoms with Gasteiger partial charge in [0.1, 0.15) is 37.9 Å². The first-order valence-corrected chi connectivity index (χ1v) is 16.7. The lowest BCUT2D eigenvalue weighted by molar-refractivity contribution is -0.777. The minimum Gasteiger partial charge on any atom is -0.691 e. The average Bonchev–Trinajstić information content (AvgIpc) is 3.13. The molecule has 0 amide bonds. The highest BCUT2D eigenvalue weighted by molar-refractivity contribution is 7.97. The van der Waals surface area contributed by atoms with Crippen LogP contribution in [0.1, 0.15) is 0 Å². The normalized spacial score (nSPS) is 12.8. The molecular formula is C32H22F12O12S2-2. The molecule has 4 aromatic rings. The predicted molar refractivity (Wildman–Crippen MR) is 170 cm³/mol. The van der Waals surface area contributed by atoms with Crippen LogP contribution in [0.2, 0.25) is 0 Å². The van der Waals surface area contributed by atoms with Crippen LogP contribution in [0.15, 0.2) is 84.9 Å². The topological polar surface area (TPSA) is 154 Å². The Kier molecular flexibility index (Phi) is 16.5. The van der Waals surface area contributed by atoms with Gasteiger partial charge in [-0.25, -0.2) is 9.59 Å². The first kappa shape index (κ1) is 47.9. The van der Waals surface area contributed by atoms with Crippen molar-refractivity contribution in [3.8, 4) is 11.5 Å². The van der Waals surface area contributed by atoms with Gasteiger partial charge in [0.2, 0.25) is 0 Å². The molecule has 26 heteroatoms. The first-order chi connectivity index (χ1) is 27.1. The van der Waals surface area contributed by atoms with E-state index in [4.69, 9.17) is 9.47 Å². The van der Waals surface area contributed by atoms with E-state index in [0.717, 1.165) is 16.2 Å². The maximum atomic E-state index is 13.1. The summed E-state index contributed by atoms with van der Waals surface area (Å²) in [4.78, 5) is 23.4. The summed E-state index contributed by atoms with van der Waals surface area (Å²) in [5.41, 5.74) is 0. The van der Waals surface area contributed by atoms with E-state index in [2.05, 4.69) is 28.2 Å². The SMILES string of the molecule is O=C(OCCOc1ccc2ccccc2c1)C(SOO[O-])(C(F)(F)F)C(F)(F)F.O=C(OCCOc1cccc2ccccc12)C(SOO[O-])(C(F)(F)F)C(F)(F)F. The minimum atomic E-state index is -6.21. The summed E-state index contributed by atoms with van der Waals surface area (Å²) in [6.45, 7) is -2.93. The molecule has 0 aliphatic carbocycles. The Morgan fingerprint density at radius 1 is 0.500 bits per heavy atom. The number of rotatable bonds is 16. The summed E-state index contributed by atoms with van der Waals surface area (Å²) in [6.07, 6.45) is -24.8. The third-order valence-electron chi connectivity index (χ3n) is 7.18. The Hall–Kier alpha value is -4.44. The molecule has 0 heterocycles. The van der Waals surface area contributed by atoms with Gasteiger partial charge in [-0.05, 0) is 34.4 Å². The van der Waals surface area contributed by atoms with Gasteiger partial charge in [-0.2, -0.15) is 61.4 Å². The second-order valence-electron chi connectivity index (χ2n) is 10.7. The number of halogens is 12. The molecule has 0 radical (unpaired) electrons. The summed E-state index contributed by atoms with van der Waals surface area (Å²) < 4.78 is 172. The molecule has 0 aliphatic rings. The predicted octanol–water partition coefficient (Wildman–Crippen LogP) is 6.99. The number of esters is 2. The third-order valence-corrected chi connectivity index (χ3v) is 9.18. The van der Waals surface area contributed by atoms with E-state index in [-0.39, 0.29) is 11.5 Å². The molecule has 0 saturated heterocycles. The number of carbonyl (C=O) groups excluding carboxylic acids is 2. The second kappa shape index (κ2) is 20.0. The van der Waals surface area contributed by atoms with Crippen molar-refractivity contribution in [3.63, 3.8) is 0 Å². The van der Waals surface area contributed by atoms with Gasteiger partial charge >= 0.3 is 46.1 Å². The van der Waals surface area contributed by atoms with Gasteiger partial charge in [0.05, 0.1) is 24.1 Å². The van der Waals surface area contributed by atoms with Crippen molar-refractivity contribution >= 4 is 57.6 Å². The van der Waals surface area contributed by atoms with Crippen LogP contribution < -0.4 is 20.0 Å².